The molecular weight excluding hydrogens is 339 g/mol. The van der Waals surface area contributed by atoms with Gasteiger partial charge in [0.1, 0.15) is 6.73 Å². The van der Waals surface area contributed by atoms with Crippen LogP contribution in [-0.2, 0) is 22.8 Å². The average Bonchev–Trinajstić information content (AvgIpc) is 2.93. The van der Waals surface area contributed by atoms with E-state index in [1.54, 1.807) is 6.92 Å². The first-order valence-electron chi connectivity index (χ1n) is 8.76. The fraction of sp³-hybridized carbons (Fsp3) is 0.474. The van der Waals surface area contributed by atoms with Gasteiger partial charge in [0.2, 0.25) is 0 Å². The Hall–Kier alpha value is -2.25. The van der Waals surface area contributed by atoms with Crippen LogP contribution in [0.2, 0.25) is 0 Å². The summed E-state index contributed by atoms with van der Waals surface area (Å²) < 4.78 is 27.9. The van der Waals surface area contributed by atoms with Crippen molar-refractivity contribution in [3.8, 4) is 0 Å². The zero-order valence-corrected chi connectivity index (χ0v) is 14.9. The molecule has 1 aromatic carbocycles. The first-order chi connectivity index (χ1) is 12.5. The molecule has 3 rings (SSSR count). The van der Waals surface area contributed by atoms with Crippen LogP contribution in [0.3, 0.4) is 0 Å². The molecular formula is C19H23FN2O4. The Morgan fingerprint density at radius 1 is 1.19 bits per heavy atom. The quantitative estimate of drug-likeness (QED) is 0.792. The monoisotopic (exact) mass is 362 g/mol. The molecule has 0 aliphatic carbocycles. The summed E-state index contributed by atoms with van der Waals surface area (Å²) in [6, 6.07) is 10.7. The molecule has 26 heavy (non-hydrogen) atoms. The minimum absolute atomic E-state index is 0.205. The second kappa shape index (κ2) is 7.97. The molecule has 0 N–H and O–H groups in total. The summed E-state index contributed by atoms with van der Waals surface area (Å²) in [5, 5.41) is 0. The van der Waals surface area contributed by atoms with Gasteiger partial charge in [-0.05, 0) is 12.0 Å². The van der Waals surface area contributed by atoms with E-state index in [-0.39, 0.29) is 25.4 Å². The van der Waals surface area contributed by atoms with E-state index in [1.807, 2.05) is 37.3 Å². The van der Waals surface area contributed by atoms with Gasteiger partial charge in [0.15, 0.2) is 12.4 Å². The van der Waals surface area contributed by atoms with Crippen molar-refractivity contribution in [2.45, 2.75) is 52.1 Å². The minimum atomic E-state index is -1.31. The van der Waals surface area contributed by atoms with Crippen molar-refractivity contribution < 1.29 is 13.9 Å². The van der Waals surface area contributed by atoms with Crippen molar-refractivity contribution in [2.24, 2.45) is 5.92 Å². The number of nitrogens with zero attached hydrogens (tertiary/aromatic N) is 2. The molecule has 2 aromatic rings. The highest BCUT2D eigenvalue weighted by Gasteiger charge is 2.42. The Balaban J connectivity index is 1.79. The van der Waals surface area contributed by atoms with E-state index >= 15 is 0 Å². The molecule has 0 amide bonds. The molecule has 1 saturated heterocycles. The summed E-state index contributed by atoms with van der Waals surface area (Å²) in [6.45, 7) is 3.74. The van der Waals surface area contributed by atoms with Crippen molar-refractivity contribution in [2.75, 3.05) is 0 Å². The van der Waals surface area contributed by atoms with Gasteiger partial charge in [-0.2, -0.15) is 0 Å². The summed E-state index contributed by atoms with van der Waals surface area (Å²) >= 11 is 0. The zero-order chi connectivity index (χ0) is 18.7. The van der Waals surface area contributed by atoms with E-state index in [0.717, 1.165) is 14.7 Å². The smallest absolute Gasteiger partial charge is 0.335 e. The summed E-state index contributed by atoms with van der Waals surface area (Å²) in [6.07, 6.45) is -0.638. The van der Waals surface area contributed by atoms with E-state index in [1.165, 1.54) is 12.3 Å². The molecule has 6 nitrogen and oxygen atoms in total. The number of halogens is 1. The van der Waals surface area contributed by atoms with E-state index in [2.05, 4.69) is 0 Å². The Morgan fingerprint density at radius 3 is 2.58 bits per heavy atom. The van der Waals surface area contributed by atoms with Crippen LogP contribution in [0.25, 0.3) is 0 Å². The molecule has 2 heterocycles. The molecule has 0 saturated carbocycles. The second-order valence-corrected chi connectivity index (χ2v) is 6.51. The summed E-state index contributed by atoms with van der Waals surface area (Å²) in [5.74, 6) is -0.313. The van der Waals surface area contributed by atoms with E-state index in [4.69, 9.17) is 9.47 Å². The highest BCUT2D eigenvalue weighted by atomic mass is 19.1. The van der Waals surface area contributed by atoms with Crippen molar-refractivity contribution in [3.63, 3.8) is 0 Å². The number of aromatic nitrogens is 2. The first-order valence-corrected chi connectivity index (χ1v) is 8.76. The Kier molecular flexibility index (Phi) is 5.68. The van der Waals surface area contributed by atoms with Crippen molar-refractivity contribution in [1.29, 1.82) is 0 Å². The van der Waals surface area contributed by atoms with Crippen LogP contribution in [-0.4, -0.2) is 21.4 Å². The number of rotatable bonds is 6. The second-order valence-electron chi connectivity index (χ2n) is 6.51. The highest BCUT2D eigenvalue weighted by Crippen LogP contribution is 2.36. The topological polar surface area (TPSA) is 62.5 Å². The van der Waals surface area contributed by atoms with Gasteiger partial charge in [0, 0.05) is 18.2 Å². The summed E-state index contributed by atoms with van der Waals surface area (Å²) in [4.78, 5) is 24.7. The van der Waals surface area contributed by atoms with Crippen molar-refractivity contribution in [3.05, 3.63) is 69.0 Å². The largest absolute Gasteiger partial charge is 0.356 e. The summed E-state index contributed by atoms with van der Waals surface area (Å²) in [5.41, 5.74) is -0.200. The number of hydrogen-bond donors (Lipinski definition) is 0. The lowest BCUT2D eigenvalue weighted by Crippen LogP contribution is -2.42. The normalized spacial score (nSPS) is 25.5. The molecule has 0 unspecified atom stereocenters. The number of ether oxygens (including phenoxy) is 2. The van der Waals surface area contributed by atoms with Gasteiger partial charge in [0.25, 0.3) is 5.56 Å². The van der Waals surface area contributed by atoms with Gasteiger partial charge in [-0.15, -0.1) is 0 Å². The predicted molar refractivity (Wildman–Crippen MR) is 94.5 cm³/mol. The Labute approximate surface area is 150 Å². The Morgan fingerprint density at radius 2 is 1.92 bits per heavy atom. The third-order valence-corrected chi connectivity index (χ3v) is 4.78. The minimum Gasteiger partial charge on any atom is -0.356 e. The third kappa shape index (κ3) is 3.64. The number of benzene rings is 1. The molecule has 0 spiro atoms. The van der Waals surface area contributed by atoms with Gasteiger partial charge < -0.3 is 9.47 Å². The third-order valence-electron chi connectivity index (χ3n) is 4.78. The van der Waals surface area contributed by atoms with Crippen molar-refractivity contribution >= 4 is 0 Å². The van der Waals surface area contributed by atoms with Gasteiger partial charge in [-0.3, -0.25) is 9.36 Å². The maximum absolute atomic E-state index is 14.6. The Bertz CT molecular complexity index is 849. The molecule has 7 heteroatoms. The maximum Gasteiger partial charge on any atom is 0.335 e. The van der Waals surface area contributed by atoms with Crippen LogP contribution in [0.4, 0.5) is 4.39 Å². The van der Waals surface area contributed by atoms with Gasteiger partial charge in [-0.25, -0.2) is 13.8 Å². The zero-order valence-electron chi connectivity index (χ0n) is 14.9. The first kappa shape index (κ1) is 18.5. The summed E-state index contributed by atoms with van der Waals surface area (Å²) in [7, 11) is 0. The fourth-order valence-electron chi connectivity index (χ4n) is 3.20. The molecule has 0 bridgehead atoms. The maximum atomic E-state index is 14.6. The van der Waals surface area contributed by atoms with Gasteiger partial charge >= 0.3 is 5.69 Å². The molecule has 1 fully saturated rings. The molecule has 1 aliphatic heterocycles. The van der Waals surface area contributed by atoms with Crippen LogP contribution in [0.15, 0.2) is 52.2 Å². The van der Waals surface area contributed by atoms with E-state index in [0.29, 0.717) is 6.42 Å². The van der Waals surface area contributed by atoms with Crippen LogP contribution in [0.5, 0.6) is 0 Å². The SMILES string of the molecule is CC[C@@H]1O[C@H](n2ccc(=O)n(COCc3ccccc3)c2=O)[C@H](F)[C@H]1C. The van der Waals surface area contributed by atoms with Crippen LogP contribution in [0.1, 0.15) is 32.1 Å². The molecule has 4 atom stereocenters. The van der Waals surface area contributed by atoms with Crippen LogP contribution in [0, 0.1) is 5.92 Å². The lowest BCUT2D eigenvalue weighted by Gasteiger charge is -2.18. The van der Waals surface area contributed by atoms with E-state index in [9.17, 15) is 14.0 Å². The molecule has 140 valence electrons. The standard InChI is InChI=1S/C19H23FN2O4/c1-3-15-13(2)17(20)18(26-15)21-10-9-16(23)22(19(21)24)12-25-11-14-7-5-4-6-8-14/h4-10,13,15,17-18H,3,11-12H2,1-2H3/t13-,15-,17+,18-/m0/s1. The lowest BCUT2D eigenvalue weighted by atomic mass is 10.00. The number of hydrogen-bond acceptors (Lipinski definition) is 4. The molecule has 1 aliphatic rings. The van der Waals surface area contributed by atoms with Crippen molar-refractivity contribution in [1.82, 2.24) is 9.13 Å². The van der Waals surface area contributed by atoms with E-state index < -0.39 is 23.6 Å². The fourth-order valence-corrected chi connectivity index (χ4v) is 3.20. The molecule has 0 radical (unpaired) electrons. The molecule has 1 aromatic heterocycles. The lowest BCUT2D eigenvalue weighted by molar-refractivity contribution is -0.0263. The van der Waals surface area contributed by atoms with Crippen LogP contribution < -0.4 is 11.2 Å². The van der Waals surface area contributed by atoms with Crippen LogP contribution >= 0.6 is 0 Å². The van der Waals surface area contributed by atoms with Gasteiger partial charge in [-0.1, -0.05) is 44.2 Å². The average molecular weight is 362 g/mol. The highest BCUT2D eigenvalue weighted by molar-refractivity contribution is 5.13. The number of alkyl halides is 1. The predicted octanol–water partition coefficient (Wildman–Crippen LogP) is 2.47. The van der Waals surface area contributed by atoms with Gasteiger partial charge in [0.05, 0.1) is 12.7 Å².